The van der Waals surface area contributed by atoms with Crippen LogP contribution >= 0.6 is 22.6 Å². The summed E-state index contributed by atoms with van der Waals surface area (Å²) < 4.78 is 0.717. The van der Waals surface area contributed by atoms with E-state index in [-0.39, 0.29) is 11.7 Å². The summed E-state index contributed by atoms with van der Waals surface area (Å²) in [6, 6.07) is 10.4. The van der Waals surface area contributed by atoms with Crippen LogP contribution in [0.2, 0.25) is 0 Å². The fourth-order valence-corrected chi connectivity index (χ4v) is 1.76. The van der Waals surface area contributed by atoms with Crippen molar-refractivity contribution in [2.45, 2.75) is 6.54 Å². The highest BCUT2D eigenvalue weighted by Crippen LogP contribution is 2.20. The molecule has 0 unspecified atom stereocenters. The number of halogens is 1. The van der Waals surface area contributed by atoms with E-state index in [0.717, 1.165) is 5.69 Å². The van der Waals surface area contributed by atoms with E-state index >= 15 is 0 Å². The van der Waals surface area contributed by atoms with Crippen LogP contribution in [0.25, 0.3) is 0 Å². The maximum atomic E-state index is 11.8. The second-order valence-electron chi connectivity index (χ2n) is 3.67. The van der Waals surface area contributed by atoms with Gasteiger partial charge in [-0.15, -0.1) is 0 Å². The predicted molar refractivity (Wildman–Crippen MR) is 76.2 cm³/mol. The second-order valence-corrected chi connectivity index (χ2v) is 4.83. The van der Waals surface area contributed by atoms with Crippen molar-refractivity contribution in [3.8, 4) is 5.75 Å². The lowest BCUT2D eigenvalue weighted by Crippen LogP contribution is -2.23. The van der Waals surface area contributed by atoms with E-state index in [1.165, 1.54) is 6.07 Å². The fourth-order valence-electron chi connectivity index (χ4n) is 1.43. The normalized spacial score (nSPS) is 10.1. The van der Waals surface area contributed by atoms with E-state index in [1.807, 2.05) is 40.8 Å². The van der Waals surface area contributed by atoms with Crippen molar-refractivity contribution in [1.29, 1.82) is 0 Å². The predicted octanol–water partition coefficient (Wildman–Crippen LogP) is 2.32. The largest absolute Gasteiger partial charge is 0.507 e. The van der Waals surface area contributed by atoms with Gasteiger partial charge in [0.1, 0.15) is 5.75 Å². The summed E-state index contributed by atoms with van der Waals surface area (Å²) in [6.45, 7) is 0.367. The maximum Gasteiger partial charge on any atom is 0.251 e. The SMILES string of the molecule is O=C(NCc1ccccn1)c1ccc(I)c(O)c1. The van der Waals surface area contributed by atoms with Gasteiger partial charge in [0, 0.05) is 11.8 Å². The maximum absolute atomic E-state index is 11.8. The third-order valence-corrected chi connectivity index (χ3v) is 3.28. The van der Waals surface area contributed by atoms with E-state index in [4.69, 9.17) is 0 Å². The highest BCUT2D eigenvalue weighted by molar-refractivity contribution is 14.1. The molecule has 2 rings (SSSR count). The fraction of sp³-hybridized carbons (Fsp3) is 0.0769. The van der Waals surface area contributed by atoms with Gasteiger partial charge in [0.05, 0.1) is 15.8 Å². The van der Waals surface area contributed by atoms with E-state index in [9.17, 15) is 9.90 Å². The van der Waals surface area contributed by atoms with E-state index in [2.05, 4.69) is 10.3 Å². The van der Waals surface area contributed by atoms with Gasteiger partial charge in [0.25, 0.3) is 5.91 Å². The number of hydrogen-bond acceptors (Lipinski definition) is 3. The number of hydrogen-bond donors (Lipinski definition) is 2. The molecule has 1 heterocycles. The van der Waals surface area contributed by atoms with Crippen LogP contribution in [0.1, 0.15) is 16.1 Å². The van der Waals surface area contributed by atoms with Crippen molar-refractivity contribution in [2.75, 3.05) is 0 Å². The average molecular weight is 354 g/mol. The molecule has 0 saturated heterocycles. The molecular formula is C13H11IN2O2. The van der Waals surface area contributed by atoms with Gasteiger partial charge in [0.2, 0.25) is 0 Å². The molecule has 4 nitrogen and oxygen atoms in total. The molecule has 92 valence electrons. The molecule has 0 radical (unpaired) electrons. The summed E-state index contributed by atoms with van der Waals surface area (Å²) in [7, 11) is 0. The highest BCUT2D eigenvalue weighted by Gasteiger charge is 2.07. The van der Waals surface area contributed by atoms with Gasteiger partial charge in [-0.2, -0.15) is 0 Å². The number of rotatable bonds is 3. The Morgan fingerprint density at radius 1 is 1.33 bits per heavy atom. The van der Waals surface area contributed by atoms with E-state index in [0.29, 0.717) is 15.7 Å². The molecular weight excluding hydrogens is 343 g/mol. The Labute approximate surface area is 118 Å². The minimum Gasteiger partial charge on any atom is -0.507 e. The summed E-state index contributed by atoms with van der Waals surface area (Å²) >= 11 is 2.00. The number of aromatic hydroxyl groups is 1. The van der Waals surface area contributed by atoms with Crippen LogP contribution in [0.4, 0.5) is 0 Å². The number of amides is 1. The molecule has 0 atom stereocenters. The molecule has 1 amide bonds. The van der Waals surface area contributed by atoms with Crippen LogP contribution in [0.15, 0.2) is 42.6 Å². The first-order valence-corrected chi connectivity index (χ1v) is 6.41. The number of nitrogens with one attached hydrogen (secondary N) is 1. The standard InChI is InChI=1S/C13H11IN2O2/c14-11-5-4-9(7-12(11)17)13(18)16-8-10-3-1-2-6-15-10/h1-7,17H,8H2,(H,16,18). The van der Waals surface area contributed by atoms with Gasteiger partial charge in [-0.05, 0) is 52.9 Å². The molecule has 1 aromatic carbocycles. The molecule has 0 aliphatic carbocycles. The first-order chi connectivity index (χ1) is 8.66. The van der Waals surface area contributed by atoms with E-state index < -0.39 is 0 Å². The van der Waals surface area contributed by atoms with Crippen LogP contribution in [0, 0.1) is 3.57 Å². The topological polar surface area (TPSA) is 62.2 Å². The van der Waals surface area contributed by atoms with Crippen molar-refractivity contribution in [3.05, 3.63) is 57.4 Å². The summed E-state index contributed by atoms with van der Waals surface area (Å²) in [5.74, 6) is -0.117. The molecule has 0 aliphatic rings. The third-order valence-electron chi connectivity index (χ3n) is 2.36. The Kier molecular flexibility index (Phi) is 4.14. The number of carbonyl (C=O) groups excluding carboxylic acids is 1. The number of phenols is 1. The molecule has 18 heavy (non-hydrogen) atoms. The zero-order valence-electron chi connectivity index (χ0n) is 9.43. The zero-order chi connectivity index (χ0) is 13.0. The zero-order valence-corrected chi connectivity index (χ0v) is 11.6. The van der Waals surface area contributed by atoms with Gasteiger partial charge in [-0.25, -0.2) is 0 Å². The number of nitrogens with zero attached hydrogens (tertiary/aromatic N) is 1. The van der Waals surface area contributed by atoms with Crippen LogP contribution < -0.4 is 5.32 Å². The van der Waals surface area contributed by atoms with Crippen molar-refractivity contribution in [3.63, 3.8) is 0 Å². The van der Waals surface area contributed by atoms with Crippen molar-refractivity contribution in [2.24, 2.45) is 0 Å². The first-order valence-electron chi connectivity index (χ1n) is 5.33. The smallest absolute Gasteiger partial charge is 0.251 e. The lowest BCUT2D eigenvalue weighted by Gasteiger charge is -2.05. The van der Waals surface area contributed by atoms with E-state index in [1.54, 1.807) is 18.3 Å². The Morgan fingerprint density at radius 2 is 2.17 bits per heavy atom. The molecule has 0 fully saturated rings. The molecule has 5 heteroatoms. The third kappa shape index (κ3) is 3.19. The number of aromatic nitrogens is 1. The molecule has 2 aromatic rings. The average Bonchev–Trinajstić information content (AvgIpc) is 2.40. The minimum absolute atomic E-state index is 0.112. The summed E-state index contributed by atoms with van der Waals surface area (Å²) in [4.78, 5) is 15.9. The lowest BCUT2D eigenvalue weighted by molar-refractivity contribution is 0.0950. The van der Waals surface area contributed by atoms with Crippen molar-refractivity contribution >= 4 is 28.5 Å². The monoisotopic (exact) mass is 354 g/mol. The Bertz CT molecular complexity index is 558. The van der Waals surface area contributed by atoms with Gasteiger partial charge in [-0.3, -0.25) is 9.78 Å². The quantitative estimate of drug-likeness (QED) is 0.832. The van der Waals surface area contributed by atoms with Crippen LogP contribution in [-0.2, 0) is 6.54 Å². The van der Waals surface area contributed by atoms with Crippen molar-refractivity contribution in [1.82, 2.24) is 10.3 Å². The van der Waals surface area contributed by atoms with Gasteiger partial charge < -0.3 is 10.4 Å². The number of pyridine rings is 1. The summed E-state index contributed by atoms with van der Waals surface area (Å²) in [5.41, 5.74) is 1.23. The van der Waals surface area contributed by atoms with Gasteiger partial charge in [-0.1, -0.05) is 6.07 Å². The van der Waals surface area contributed by atoms with Crippen LogP contribution in [0.5, 0.6) is 5.75 Å². The molecule has 0 saturated carbocycles. The van der Waals surface area contributed by atoms with Crippen LogP contribution in [-0.4, -0.2) is 16.0 Å². The Balaban J connectivity index is 2.02. The summed E-state index contributed by atoms with van der Waals surface area (Å²) in [5, 5.41) is 12.3. The minimum atomic E-state index is -0.229. The number of phenolic OH excluding ortho intramolecular Hbond substituents is 1. The Hall–Kier alpha value is -1.63. The Morgan fingerprint density at radius 3 is 2.83 bits per heavy atom. The van der Waals surface area contributed by atoms with Gasteiger partial charge >= 0.3 is 0 Å². The highest BCUT2D eigenvalue weighted by atomic mass is 127. The summed E-state index contributed by atoms with van der Waals surface area (Å²) in [6.07, 6.45) is 1.68. The molecule has 0 spiro atoms. The molecule has 0 aliphatic heterocycles. The molecule has 2 N–H and O–H groups in total. The number of carbonyl (C=O) groups is 1. The van der Waals surface area contributed by atoms with Gasteiger partial charge in [0.15, 0.2) is 0 Å². The first kappa shape index (κ1) is 12.8. The number of benzene rings is 1. The lowest BCUT2D eigenvalue weighted by atomic mass is 10.2. The molecule has 0 bridgehead atoms. The molecule has 1 aromatic heterocycles. The van der Waals surface area contributed by atoms with Crippen LogP contribution in [0.3, 0.4) is 0 Å². The second kappa shape index (κ2) is 5.81. The van der Waals surface area contributed by atoms with Crippen molar-refractivity contribution < 1.29 is 9.90 Å².